The second-order valence-electron chi connectivity index (χ2n) is 8.36. The summed E-state index contributed by atoms with van der Waals surface area (Å²) in [6.07, 6.45) is 3.34. The van der Waals surface area contributed by atoms with Gasteiger partial charge in [0.05, 0.1) is 33.9 Å². The molecule has 4 heteroatoms. The molecule has 0 amide bonds. The normalized spacial score (nSPS) is 10.8. The van der Waals surface area contributed by atoms with E-state index in [1.165, 1.54) is 0 Å². The van der Waals surface area contributed by atoms with Gasteiger partial charge < -0.3 is 4.57 Å². The lowest BCUT2D eigenvalue weighted by Crippen LogP contribution is -1.97. The number of pyridine rings is 1. The lowest BCUT2D eigenvalue weighted by atomic mass is 9.99. The number of rotatable bonds is 3. The molecule has 6 rings (SSSR count). The Hall–Kier alpha value is -5.19. The van der Waals surface area contributed by atoms with Gasteiger partial charge in [0.1, 0.15) is 6.07 Å². The minimum Gasteiger partial charge on any atom is -0.309 e. The average Bonchev–Trinajstić information content (AvgIpc) is 3.26. The van der Waals surface area contributed by atoms with Gasteiger partial charge in [0.25, 0.3) is 0 Å². The Balaban J connectivity index is 1.53. The Morgan fingerprint density at radius 3 is 2.11 bits per heavy atom. The van der Waals surface area contributed by atoms with Crippen molar-refractivity contribution in [1.82, 2.24) is 9.55 Å². The van der Waals surface area contributed by atoms with Crippen molar-refractivity contribution in [2.45, 2.75) is 0 Å². The first kappa shape index (κ1) is 20.4. The number of fused-ring (bicyclic) bond motifs is 3. The fraction of sp³-hybridized carbons (Fsp3) is 0. The van der Waals surface area contributed by atoms with Crippen molar-refractivity contribution in [1.29, 1.82) is 10.5 Å². The molecule has 0 saturated carbocycles. The molecule has 0 aliphatic heterocycles. The SMILES string of the molecule is N#Cc1cncc(-c2ccc(-c3ccccc3-n3c4ccccc4c4cc(C#N)ccc43)cc2)c1. The second-order valence-corrected chi connectivity index (χ2v) is 8.36. The third-order valence-corrected chi connectivity index (χ3v) is 6.34. The first-order valence-corrected chi connectivity index (χ1v) is 11.3. The van der Waals surface area contributed by atoms with Crippen LogP contribution < -0.4 is 0 Å². The summed E-state index contributed by atoms with van der Waals surface area (Å²) in [6, 6.07) is 37.2. The molecule has 0 N–H and O–H groups in total. The minimum absolute atomic E-state index is 0.544. The third-order valence-electron chi connectivity index (χ3n) is 6.34. The van der Waals surface area contributed by atoms with Crippen LogP contribution in [0.5, 0.6) is 0 Å². The van der Waals surface area contributed by atoms with Crippen molar-refractivity contribution in [2.24, 2.45) is 0 Å². The van der Waals surface area contributed by atoms with E-state index in [-0.39, 0.29) is 0 Å². The third kappa shape index (κ3) is 3.42. The summed E-state index contributed by atoms with van der Waals surface area (Å²) < 4.78 is 2.27. The fourth-order valence-electron chi connectivity index (χ4n) is 4.72. The molecular formula is C31H18N4. The molecule has 0 unspecified atom stereocenters. The van der Waals surface area contributed by atoms with Crippen LogP contribution in [0.3, 0.4) is 0 Å². The molecule has 4 aromatic carbocycles. The molecule has 2 heterocycles. The molecule has 4 nitrogen and oxygen atoms in total. The fourth-order valence-corrected chi connectivity index (χ4v) is 4.72. The topological polar surface area (TPSA) is 65.4 Å². The molecule has 0 saturated heterocycles. The molecule has 0 aliphatic carbocycles. The highest BCUT2D eigenvalue weighted by molar-refractivity contribution is 6.10. The zero-order valence-electron chi connectivity index (χ0n) is 18.7. The molecule has 0 atom stereocenters. The van der Waals surface area contributed by atoms with Crippen LogP contribution in [0.15, 0.2) is 109 Å². The Labute approximate surface area is 202 Å². The average molecular weight is 447 g/mol. The number of hydrogen-bond donors (Lipinski definition) is 0. The molecule has 0 fully saturated rings. The molecule has 2 aromatic heterocycles. The summed E-state index contributed by atoms with van der Waals surface area (Å²) in [5.41, 5.74) is 8.56. The lowest BCUT2D eigenvalue weighted by Gasteiger charge is -2.14. The van der Waals surface area contributed by atoms with Crippen LogP contribution in [-0.4, -0.2) is 9.55 Å². The maximum atomic E-state index is 9.44. The lowest BCUT2D eigenvalue weighted by molar-refractivity contribution is 1.18. The quantitative estimate of drug-likeness (QED) is 0.287. The highest BCUT2D eigenvalue weighted by Crippen LogP contribution is 2.36. The van der Waals surface area contributed by atoms with Crippen molar-refractivity contribution in [2.75, 3.05) is 0 Å². The van der Waals surface area contributed by atoms with E-state index in [0.29, 0.717) is 11.1 Å². The zero-order valence-corrected chi connectivity index (χ0v) is 18.7. The first-order chi connectivity index (χ1) is 17.3. The summed E-state index contributed by atoms with van der Waals surface area (Å²) in [7, 11) is 0. The van der Waals surface area contributed by atoms with Crippen LogP contribution in [0, 0.1) is 22.7 Å². The van der Waals surface area contributed by atoms with Gasteiger partial charge in [-0.2, -0.15) is 10.5 Å². The predicted molar refractivity (Wildman–Crippen MR) is 139 cm³/mol. The van der Waals surface area contributed by atoms with Gasteiger partial charge in [0.15, 0.2) is 0 Å². The van der Waals surface area contributed by atoms with Gasteiger partial charge in [-0.15, -0.1) is 0 Å². The van der Waals surface area contributed by atoms with Crippen molar-refractivity contribution in [3.05, 3.63) is 121 Å². The highest BCUT2D eigenvalue weighted by Gasteiger charge is 2.15. The van der Waals surface area contributed by atoms with E-state index in [1.807, 2.05) is 36.4 Å². The van der Waals surface area contributed by atoms with Crippen molar-refractivity contribution in [3.63, 3.8) is 0 Å². The first-order valence-electron chi connectivity index (χ1n) is 11.3. The summed E-state index contributed by atoms with van der Waals surface area (Å²) in [4.78, 5) is 4.18. The molecule has 0 radical (unpaired) electrons. The Morgan fingerprint density at radius 2 is 1.29 bits per heavy atom. The predicted octanol–water partition coefficient (Wildman–Crippen LogP) is 7.26. The van der Waals surface area contributed by atoms with E-state index in [4.69, 9.17) is 0 Å². The van der Waals surface area contributed by atoms with E-state index in [1.54, 1.807) is 12.4 Å². The second kappa shape index (κ2) is 8.30. The summed E-state index contributed by atoms with van der Waals surface area (Å²) in [6.45, 7) is 0. The number of hydrogen-bond acceptors (Lipinski definition) is 3. The molecule has 162 valence electrons. The number of benzene rings is 4. The number of nitriles is 2. The van der Waals surface area contributed by atoms with E-state index in [9.17, 15) is 10.5 Å². The van der Waals surface area contributed by atoms with E-state index in [0.717, 1.165) is 49.7 Å². The van der Waals surface area contributed by atoms with Gasteiger partial charge in [-0.1, -0.05) is 60.7 Å². The number of aromatic nitrogens is 2. The van der Waals surface area contributed by atoms with Crippen LogP contribution in [0.4, 0.5) is 0 Å². The van der Waals surface area contributed by atoms with Gasteiger partial charge in [-0.3, -0.25) is 4.98 Å². The zero-order chi connectivity index (χ0) is 23.8. The summed E-state index contributed by atoms with van der Waals surface area (Å²) >= 11 is 0. The van der Waals surface area contributed by atoms with Gasteiger partial charge in [-0.05, 0) is 47.5 Å². The maximum absolute atomic E-state index is 9.44. The highest BCUT2D eigenvalue weighted by atomic mass is 15.0. The van der Waals surface area contributed by atoms with Crippen LogP contribution >= 0.6 is 0 Å². The minimum atomic E-state index is 0.544. The van der Waals surface area contributed by atoms with Crippen LogP contribution in [0.2, 0.25) is 0 Å². The van der Waals surface area contributed by atoms with Gasteiger partial charge >= 0.3 is 0 Å². The largest absolute Gasteiger partial charge is 0.309 e. The summed E-state index contributed by atoms with van der Waals surface area (Å²) in [5, 5.41) is 20.8. The van der Waals surface area contributed by atoms with Crippen molar-refractivity contribution in [3.8, 4) is 40.1 Å². The van der Waals surface area contributed by atoms with Gasteiger partial charge in [0, 0.05) is 34.3 Å². The number of para-hydroxylation sites is 2. The smallest absolute Gasteiger partial charge is 0.101 e. The van der Waals surface area contributed by atoms with Gasteiger partial charge in [-0.25, -0.2) is 0 Å². The monoisotopic (exact) mass is 446 g/mol. The molecule has 0 bridgehead atoms. The molecular weight excluding hydrogens is 428 g/mol. The van der Waals surface area contributed by atoms with Crippen LogP contribution in [0.25, 0.3) is 49.7 Å². The van der Waals surface area contributed by atoms with Crippen LogP contribution in [0.1, 0.15) is 11.1 Å². The van der Waals surface area contributed by atoms with Gasteiger partial charge in [0.2, 0.25) is 0 Å². The Morgan fingerprint density at radius 1 is 0.571 bits per heavy atom. The van der Waals surface area contributed by atoms with E-state index in [2.05, 4.69) is 82.4 Å². The maximum Gasteiger partial charge on any atom is 0.101 e. The number of nitrogens with zero attached hydrogens (tertiary/aromatic N) is 4. The molecule has 0 spiro atoms. The molecule has 6 aromatic rings. The van der Waals surface area contributed by atoms with E-state index >= 15 is 0 Å². The summed E-state index contributed by atoms with van der Waals surface area (Å²) in [5.74, 6) is 0. The van der Waals surface area contributed by atoms with Crippen LogP contribution in [-0.2, 0) is 0 Å². The van der Waals surface area contributed by atoms with E-state index < -0.39 is 0 Å². The molecule has 0 aliphatic rings. The van der Waals surface area contributed by atoms with Crippen molar-refractivity contribution >= 4 is 21.8 Å². The Bertz CT molecular complexity index is 1810. The molecule has 35 heavy (non-hydrogen) atoms. The Kier molecular flexibility index (Phi) is 4.84. The van der Waals surface area contributed by atoms with Crippen molar-refractivity contribution < 1.29 is 0 Å². The standard InChI is InChI=1S/C31H18N4/c32-17-21-9-14-31-28(16-21)27-6-2-4-8-30(27)35(31)29-7-3-1-5-26(29)24-12-10-23(11-13-24)25-15-22(18-33)19-34-20-25/h1-16,19-20H.